The minimum atomic E-state index is -0.180. The van der Waals surface area contributed by atoms with E-state index in [-0.39, 0.29) is 11.9 Å². The number of hydrogen-bond acceptors (Lipinski definition) is 2. The molecule has 1 saturated heterocycles. The van der Waals surface area contributed by atoms with Gasteiger partial charge in [-0.3, -0.25) is 9.69 Å². The molecule has 3 nitrogen and oxygen atoms in total. The summed E-state index contributed by atoms with van der Waals surface area (Å²) in [7, 11) is 0. The Morgan fingerprint density at radius 3 is 2.93 bits per heavy atom. The van der Waals surface area contributed by atoms with Crippen LogP contribution >= 0.6 is 0 Å². The number of nitrogens with two attached hydrogens (primary N) is 1. The van der Waals surface area contributed by atoms with E-state index in [0.29, 0.717) is 5.92 Å². The first-order chi connectivity index (χ1) is 6.61. The maximum atomic E-state index is 11.1. The standard InChI is InChI=1S/C11H20N2O/c1-9(2)5-3-7-13-8-4-6-10(13)11(12)14/h3,5,9-10H,4,6-8H2,1-2H3,(H2,12,14)/b5-3+/t10-/m1/s1. The molecule has 0 radical (unpaired) electrons. The van der Waals surface area contributed by atoms with Crippen molar-refractivity contribution in [2.24, 2.45) is 11.7 Å². The van der Waals surface area contributed by atoms with Crippen molar-refractivity contribution in [3.05, 3.63) is 12.2 Å². The van der Waals surface area contributed by atoms with Crippen molar-refractivity contribution in [3.8, 4) is 0 Å². The van der Waals surface area contributed by atoms with Crippen LogP contribution in [0.1, 0.15) is 26.7 Å². The quantitative estimate of drug-likeness (QED) is 0.686. The predicted molar refractivity (Wildman–Crippen MR) is 57.8 cm³/mol. The van der Waals surface area contributed by atoms with E-state index in [1.807, 2.05) is 0 Å². The van der Waals surface area contributed by atoms with Crippen LogP contribution in [-0.2, 0) is 4.79 Å². The Kier molecular flexibility index (Phi) is 4.14. The Labute approximate surface area is 86.0 Å². The topological polar surface area (TPSA) is 46.3 Å². The van der Waals surface area contributed by atoms with Gasteiger partial charge in [-0.25, -0.2) is 0 Å². The summed E-state index contributed by atoms with van der Waals surface area (Å²) in [6.07, 6.45) is 6.30. The molecule has 0 aromatic rings. The summed E-state index contributed by atoms with van der Waals surface area (Å²) in [5.41, 5.74) is 5.31. The van der Waals surface area contributed by atoms with Gasteiger partial charge in [0.15, 0.2) is 0 Å². The fourth-order valence-electron chi connectivity index (χ4n) is 1.84. The van der Waals surface area contributed by atoms with E-state index in [0.717, 1.165) is 25.9 Å². The van der Waals surface area contributed by atoms with Crippen LogP contribution in [-0.4, -0.2) is 29.9 Å². The molecule has 1 aliphatic rings. The van der Waals surface area contributed by atoms with Gasteiger partial charge >= 0.3 is 0 Å². The minimum Gasteiger partial charge on any atom is -0.368 e. The molecule has 0 aliphatic carbocycles. The highest BCUT2D eigenvalue weighted by molar-refractivity contribution is 5.80. The van der Waals surface area contributed by atoms with Gasteiger partial charge in [0.2, 0.25) is 5.91 Å². The van der Waals surface area contributed by atoms with Crippen LogP contribution in [0, 0.1) is 5.92 Å². The third-order valence-electron chi connectivity index (χ3n) is 2.55. The van der Waals surface area contributed by atoms with Gasteiger partial charge in [0.1, 0.15) is 0 Å². The van der Waals surface area contributed by atoms with E-state index in [1.165, 1.54) is 0 Å². The van der Waals surface area contributed by atoms with Crippen LogP contribution in [0.3, 0.4) is 0 Å². The first-order valence-corrected chi connectivity index (χ1v) is 5.31. The number of likely N-dealkylation sites (tertiary alicyclic amines) is 1. The van der Waals surface area contributed by atoms with Gasteiger partial charge in [0.05, 0.1) is 6.04 Å². The van der Waals surface area contributed by atoms with E-state index >= 15 is 0 Å². The monoisotopic (exact) mass is 196 g/mol. The highest BCUT2D eigenvalue weighted by Gasteiger charge is 2.27. The number of carbonyl (C=O) groups excluding carboxylic acids is 1. The normalized spacial score (nSPS) is 23.8. The summed E-state index contributed by atoms with van der Waals surface area (Å²) in [5, 5.41) is 0. The fraction of sp³-hybridized carbons (Fsp3) is 0.727. The summed E-state index contributed by atoms with van der Waals surface area (Å²) in [5.74, 6) is 0.394. The zero-order valence-electron chi connectivity index (χ0n) is 9.07. The Balaban J connectivity index is 2.40. The number of rotatable bonds is 4. The van der Waals surface area contributed by atoms with Gasteiger partial charge in [0, 0.05) is 6.54 Å². The second-order valence-electron chi connectivity index (χ2n) is 4.23. The van der Waals surface area contributed by atoms with Gasteiger partial charge in [0.25, 0.3) is 0 Å². The average molecular weight is 196 g/mol. The molecule has 0 bridgehead atoms. The largest absolute Gasteiger partial charge is 0.368 e. The van der Waals surface area contributed by atoms with Crippen molar-refractivity contribution in [2.45, 2.75) is 32.7 Å². The Morgan fingerprint density at radius 1 is 1.64 bits per heavy atom. The molecule has 80 valence electrons. The van der Waals surface area contributed by atoms with E-state index in [4.69, 9.17) is 5.73 Å². The SMILES string of the molecule is CC(C)/C=C/CN1CCC[C@@H]1C(N)=O. The minimum absolute atomic E-state index is 0.0354. The first kappa shape index (κ1) is 11.2. The maximum absolute atomic E-state index is 11.1. The Hall–Kier alpha value is -0.830. The van der Waals surface area contributed by atoms with Gasteiger partial charge < -0.3 is 5.73 Å². The Morgan fingerprint density at radius 2 is 2.36 bits per heavy atom. The molecule has 1 heterocycles. The molecule has 0 aromatic heterocycles. The molecule has 1 rings (SSSR count). The van der Waals surface area contributed by atoms with Crippen molar-refractivity contribution < 1.29 is 4.79 Å². The summed E-state index contributed by atoms with van der Waals surface area (Å²) < 4.78 is 0. The van der Waals surface area contributed by atoms with Gasteiger partial charge in [-0.2, -0.15) is 0 Å². The summed E-state index contributed by atoms with van der Waals surface area (Å²) in [4.78, 5) is 13.2. The molecule has 0 unspecified atom stereocenters. The van der Waals surface area contributed by atoms with Crippen molar-refractivity contribution in [3.63, 3.8) is 0 Å². The number of hydrogen-bond donors (Lipinski definition) is 1. The Bertz CT molecular complexity index is 223. The molecule has 1 aliphatic heterocycles. The zero-order chi connectivity index (χ0) is 10.6. The molecule has 14 heavy (non-hydrogen) atoms. The number of primary amides is 1. The van der Waals surface area contributed by atoms with Crippen LogP contribution in [0.2, 0.25) is 0 Å². The molecule has 2 N–H and O–H groups in total. The van der Waals surface area contributed by atoms with E-state index in [2.05, 4.69) is 30.9 Å². The summed E-state index contributed by atoms with van der Waals surface area (Å²) >= 11 is 0. The van der Waals surface area contributed by atoms with E-state index in [1.54, 1.807) is 0 Å². The highest BCUT2D eigenvalue weighted by Crippen LogP contribution is 2.16. The lowest BCUT2D eigenvalue weighted by atomic mass is 10.2. The lowest BCUT2D eigenvalue weighted by Gasteiger charge is -2.19. The van der Waals surface area contributed by atoms with E-state index < -0.39 is 0 Å². The molecule has 0 aromatic carbocycles. The first-order valence-electron chi connectivity index (χ1n) is 5.31. The zero-order valence-corrected chi connectivity index (χ0v) is 9.07. The third-order valence-corrected chi connectivity index (χ3v) is 2.55. The second-order valence-corrected chi connectivity index (χ2v) is 4.23. The maximum Gasteiger partial charge on any atom is 0.234 e. The van der Waals surface area contributed by atoms with Crippen LogP contribution in [0.5, 0.6) is 0 Å². The van der Waals surface area contributed by atoms with Crippen LogP contribution in [0.25, 0.3) is 0 Å². The predicted octanol–water partition coefficient (Wildman–Crippen LogP) is 1.15. The summed E-state index contributed by atoms with van der Waals surface area (Å²) in [6.45, 7) is 6.14. The van der Waals surface area contributed by atoms with Gasteiger partial charge in [-0.15, -0.1) is 0 Å². The fourth-order valence-corrected chi connectivity index (χ4v) is 1.84. The average Bonchev–Trinajstić information content (AvgIpc) is 2.51. The van der Waals surface area contributed by atoms with Crippen LogP contribution < -0.4 is 5.73 Å². The summed E-state index contributed by atoms with van der Waals surface area (Å²) in [6, 6.07) is -0.0354. The molecule has 0 saturated carbocycles. The van der Waals surface area contributed by atoms with Crippen molar-refractivity contribution in [2.75, 3.05) is 13.1 Å². The van der Waals surface area contributed by atoms with Gasteiger partial charge in [-0.1, -0.05) is 26.0 Å². The molecule has 0 spiro atoms. The van der Waals surface area contributed by atoms with Crippen molar-refractivity contribution in [1.29, 1.82) is 0 Å². The smallest absolute Gasteiger partial charge is 0.234 e. The third kappa shape index (κ3) is 3.14. The number of allylic oxidation sites excluding steroid dienone is 1. The second kappa shape index (κ2) is 5.15. The molecular weight excluding hydrogens is 176 g/mol. The van der Waals surface area contributed by atoms with Crippen molar-refractivity contribution >= 4 is 5.91 Å². The lowest BCUT2D eigenvalue weighted by molar-refractivity contribution is -0.122. The number of nitrogens with zero attached hydrogens (tertiary/aromatic N) is 1. The molecular formula is C11H20N2O. The highest BCUT2D eigenvalue weighted by atomic mass is 16.1. The molecule has 1 atom stereocenters. The molecule has 1 fully saturated rings. The van der Waals surface area contributed by atoms with Crippen molar-refractivity contribution in [1.82, 2.24) is 4.90 Å². The lowest BCUT2D eigenvalue weighted by Crippen LogP contribution is -2.40. The number of carbonyl (C=O) groups is 1. The number of amides is 1. The van der Waals surface area contributed by atoms with Crippen LogP contribution in [0.15, 0.2) is 12.2 Å². The molecule has 1 amide bonds. The molecule has 3 heteroatoms. The van der Waals surface area contributed by atoms with Gasteiger partial charge in [-0.05, 0) is 25.3 Å². The van der Waals surface area contributed by atoms with E-state index in [9.17, 15) is 4.79 Å². The van der Waals surface area contributed by atoms with Crippen LogP contribution in [0.4, 0.5) is 0 Å².